The lowest BCUT2D eigenvalue weighted by atomic mass is 9.68. The summed E-state index contributed by atoms with van der Waals surface area (Å²) in [6.45, 7) is 5.62. The maximum atomic E-state index is 13.4. The van der Waals surface area contributed by atoms with Crippen molar-refractivity contribution >= 4 is 33.2 Å². The largest absolute Gasteiger partial charge is 0.490 e. The molecule has 5 atom stereocenters. The van der Waals surface area contributed by atoms with Gasteiger partial charge in [0.15, 0.2) is 0 Å². The van der Waals surface area contributed by atoms with Crippen molar-refractivity contribution in [3.63, 3.8) is 0 Å². The van der Waals surface area contributed by atoms with Gasteiger partial charge in [-0.2, -0.15) is 0 Å². The molecule has 2 bridgehead atoms. The van der Waals surface area contributed by atoms with Gasteiger partial charge in [0.2, 0.25) is 10.0 Å². The summed E-state index contributed by atoms with van der Waals surface area (Å²) in [5.74, 6) is 0.333. The van der Waals surface area contributed by atoms with Gasteiger partial charge in [-0.1, -0.05) is 43.7 Å². The zero-order valence-corrected chi connectivity index (χ0v) is 26.0. The lowest BCUT2D eigenvalue weighted by Crippen LogP contribution is -2.49. The number of nitrogens with zero attached hydrogens (tertiary/aromatic N) is 1. The molecule has 1 fully saturated rings. The minimum Gasteiger partial charge on any atom is -0.490 e. The number of anilines is 1. The third-order valence-electron chi connectivity index (χ3n) is 10.0. The van der Waals surface area contributed by atoms with E-state index in [0.717, 1.165) is 49.4 Å². The number of aliphatic hydroxyl groups is 1. The van der Waals surface area contributed by atoms with Crippen molar-refractivity contribution < 1.29 is 23.1 Å². The lowest BCUT2D eigenvalue weighted by molar-refractivity contribution is 0.0177. The molecule has 0 aromatic heterocycles. The van der Waals surface area contributed by atoms with E-state index in [0.29, 0.717) is 31.2 Å². The number of sulfonamides is 1. The second-order valence-corrected chi connectivity index (χ2v) is 15.4. The number of benzene rings is 2. The van der Waals surface area contributed by atoms with Crippen molar-refractivity contribution in [3.8, 4) is 5.75 Å². The van der Waals surface area contributed by atoms with E-state index >= 15 is 0 Å². The first-order valence-corrected chi connectivity index (χ1v) is 17.2. The Labute approximate surface area is 254 Å². The Morgan fingerprint density at radius 1 is 1.12 bits per heavy atom. The number of ether oxygens (including phenoxy) is 1. The van der Waals surface area contributed by atoms with Gasteiger partial charge in [-0.05, 0) is 104 Å². The number of amides is 1. The summed E-state index contributed by atoms with van der Waals surface area (Å²) in [6, 6.07) is 11.4. The standard InChI is InChI=1S/C33H41ClN2O5S/c1-21(2)31-8-4-3-7-29(37)26-12-9-24(26)18-36-19-33(15-5-6-22-16-25(34)11-13-27(22)33)20-41-30-14-10-23(17-28(30)36)32(38)35-42(31,39)40/h3-4,10-11,13-14,16-17,21,24,26,29,31,37H,5-9,12,15,18-20H2,1-2H3,(H,35,38)/b4-3-/t24-,26+,29-,31?,33-/m0/s1. The van der Waals surface area contributed by atoms with Gasteiger partial charge in [0.1, 0.15) is 5.75 Å². The molecule has 1 unspecified atom stereocenters. The van der Waals surface area contributed by atoms with Crippen LogP contribution in [0.15, 0.2) is 48.6 Å². The lowest BCUT2D eigenvalue weighted by Gasteiger charge is -2.45. The maximum Gasteiger partial charge on any atom is 0.264 e. The summed E-state index contributed by atoms with van der Waals surface area (Å²) >= 11 is 6.39. The maximum absolute atomic E-state index is 13.4. The van der Waals surface area contributed by atoms with Crippen molar-refractivity contribution in [2.75, 3.05) is 24.6 Å². The van der Waals surface area contributed by atoms with Crippen molar-refractivity contribution in [1.82, 2.24) is 4.72 Å². The van der Waals surface area contributed by atoms with Crippen LogP contribution in [-0.2, 0) is 21.9 Å². The predicted molar refractivity (Wildman–Crippen MR) is 166 cm³/mol. The van der Waals surface area contributed by atoms with E-state index in [2.05, 4.69) is 21.8 Å². The van der Waals surface area contributed by atoms with E-state index in [1.165, 1.54) is 11.1 Å². The third-order valence-corrected chi connectivity index (χ3v) is 12.3. The monoisotopic (exact) mass is 612 g/mol. The summed E-state index contributed by atoms with van der Waals surface area (Å²) < 4.78 is 35.6. The smallest absolute Gasteiger partial charge is 0.264 e. The highest BCUT2D eigenvalue weighted by atomic mass is 35.5. The summed E-state index contributed by atoms with van der Waals surface area (Å²) in [7, 11) is -3.94. The number of halogens is 1. The molecule has 2 aromatic rings. The van der Waals surface area contributed by atoms with Crippen LogP contribution in [0.25, 0.3) is 0 Å². The first-order chi connectivity index (χ1) is 20.1. The van der Waals surface area contributed by atoms with E-state index in [1.807, 2.05) is 32.1 Å². The van der Waals surface area contributed by atoms with Crippen LogP contribution in [0, 0.1) is 17.8 Å². The third kappa shape index (κ3) is 5.58. The summed E-state index contributed by atoms with van der Waals surface area (Å²) in [5, 5.41) is 11.1. The number of carbonyl (C=O) groups is 1. The normalized spacial score (nSPS) is 31.6. The van der Waals surface area contributed by atoms with Gasteiger partial charge in [-0.15, -0.1) is 0 Å². The van der Waals surface area contributed by atoms with Crippen LogP contribution in [0.3, 0.4) is 0 Å². The molecule has 42 heavy (non-hydrogen) atoms. The van der Waals surface area contributed by atoms with Gasteiger partial charge < -0.3 is 14.7 Å². The molecule has 2 N–H and O–H groups in total. The SMILES string of the molecule is CC(C)C1C/C=C\C[C@H](O)[C@@H]2CC[C@H]2CN2C[C@@]3(CCCc4cc(Cl)ccc43)COc3ccc(cc32)C(=O)NS1(=O)=O. The molecule has 0 radical (unpaired) electrons. The molecule has 1 saturated carbocycles. The highest BCUT2D eigenvalue weighted by molar-refractivity contribution is 7.90. The Morgan fingerprint density at radius 2 is 1.93 bits per heavy atom. The minimum absolute atomic E-state index is 0.166. The number of fused-ring (bicyclic) bond motifs is 4. The molecule has 1 spiro atoms. The Balaban J connectivity index is 1.42. The van der Waals surface area contributed by atoms with Crippen LogP contribution >= 0.6 is 11.6 Å². The second kappa shape index (κ2) is 11.5. The van der Waals surface area contributed by atoms with Crippen molar-refractivity contribution in [2.45, 2.75) is 75.6 Å². The van der Waals surface area contributed by atoms with Crippen LogP contribution in [0.2, 0.25) is 5.02 Å². The van der Waals surface area contributed by atoms with Crippen molar-refractivity contribution in [1.29, 1.82) is 0 Å². The quantitative estimate of drug-likeness (QED) is 0.405. The van der Waals surface area contributed by atoms with Crippen molar-refractivity contribution in [2.24, 2.45) is 17.8 Å². The molecule has 6 rings (SSSR count). The Kier molecular flexibility index (Phi) is 8.09. The highest BCUT2D eigenvalue weighted by Gasteiger charge is 2.44. The minimum atomic E-state index is -3.94. The number of nitrogens with one attached hydrogen (secondary N) is 1. The summed E-state index contributed by atoms with van der Waals surface area (Å²) in [4.78, 5) is 15.7. The molecule has 0 saturated heterocycles. The molecule has 4 aliphatic rings. The number of carbonyl (C=O) groups excluding carboxylic acids is 1. The van der Waals surface area contributed by atoms with E-state index < -0.39 is 27.3 Å². The van der Waals surface area contributed by atoms with Crippen LogP contribution in [-0.4, -0.2) is 50.5 Å². The van der Waals surface area contributed by atoms with Gasteiger partial charge >= 0.3 is 0 Å². The average molecular weight is 613 g/mol. The van der Waals surface area contributed by atoms with Gasteiger partial charge in [0.05, 0.1) is 23.6 Å². The number of rotatable bonds is 1. The summed E-state index contributed by atoms with van der Waals surface area (Å²) in [5.41, 5.74) is 3.34. The molecular formula is C33H41ClN2O5S. The van der Waals surface area contributed by atoms with Gasteiger partial charge in [0, 0.05) is 29.1 Å². The molecular weight excluding hydrogens is 572 g/mol. The Bertz CT molecular complexity index is 1490. The second-order valence-electron chi connectivity index (χ2n) is 13.1. The van der Waals surface area contributed by atoms with Crippen molar-refractivity contribution in [3.05, 3.63) is 70.3 Å². The van der Waals surface area contributed by atoms with E-state index in [1.54, 1.807) is 18.2 Å². The highest BCUT2D eigenvalue weighted by Crippen LogP contribution is 2.47. The van der Waals surface area contributed by atoms with E-state index in [9.17, 15) is 18.3 Å². The average Bonchev–Trinajstić information content (AvgIpc) is 3.06. The molecule has 9 heteroatoms. The number of hydrogen-bond acceptors (Lipinski definition) is 6. The molecule has 1 amide bonds. The number of hydrogen-bond donors (Lipinski definition) is 2. The van der Waals surface area contributed by atoms with Crippen LogP contribution in [0.1, 0.15) is 73.9 Å². The fourth-order valence-corrected chi connectivity index (χ4v) is 9.33. The Hall–Kier alpha value is -2.55. The molecule has 226 valence electrons. The Morgan fingerprint density at radius 3 is 2.69 bits per heavy atom. The van der Waals surface area contributed by atoms with Crippen LogP contribution in [0.4, 0.5) is 5.69 Å². The van der Waals surface area contributed by atoms with Crippen LogP contribution < -0.4 is 14.4 Å². The summed E-state index contributed by atoms with van der Waals surface area (Å²) in [6.07, 6.45) is 9.00. The van der Waals surface area contributed by atoms with Gasteiger partial charge in [0.25, 0.3) is 5.91 Å². The molecule has 2 heterocycles. The number of aryl methyl sites for hydroxylation is 1. The fourth-order valence-electron chi connectivity index (χ4n) is 7.53. The zero-order chi connectivity index (χ0) is 29.6. The molecule has 2 aliphatic carbocycles. The van der Waals surface area contributed by atoms with E-state index in [4.69, 9.17) is 16.3 Å². The first kappa shape index (κ1) is 29.5. The molecule has 2 aliphatic heterocycles. The van der Waals surface area contributed by atoms with E-state index in [-0.39, 0.29) is 29.2 Å². The fraction of sp³-hybridized carbons (Fsp3) is 0.545. The topological polar surface area (TPSA) is 95.9 Å². The first-order valence-electron chi connectivity index (χ1n) is 15.3. The molecule has 7 nitrogen and oxygen atoms in total. The van der Waals surface area contributed by atoms with Crippen LogP contribution in [0.5, 0.6) is 5.75 Å². The zero-order valence-electron chi connectivity index (χ0n) is 24.4. The number of allylic oxidation sites excluding steroid dienone is 1. The van der Waals surface area contributed by atoms with Gasteiger partial charge in [-0.25, -0.2) is 13.1 Å². The number of aliphatic hydroxyl groups excluding tert-OH is 1. The predicted octanol–water partition coefficient (Wildman–Crippen LogP) is 5.63. The molecule has 2 aromatic carbocycles. The van der Waals surface area contributed by atoms with Gasteiger partial charge in [-0.3, -0.25) is 4.79 Å².